The van der Waals surface area contributed by atoms with E-state index < -0.39 is 0 Å². The predicted octanol–water partition coefficient (Wildman–Crippen LogP) is 1.03. The molecule has 0 unspecified atom stereocenters. The van der Waals surface area contributed by atoms with Crippen molar-refractivity contribution in [1.82, 2.24) is 3.11 Å². The Morgan fingerprint density at radius 3 is 2.38 bits per heavy atom. The van der Waals surface area contributed by atoms with Gasteiger partial charge >= 0.3 is 0 Å². The van der Waals surface area contributed by atoms with Gasteiger partial charge in [0.2, 0.25) is 5.91 Å². The van der Waals surface area contributed by atoms with Crippen LogP contribution in [0.5, 0.6) is 0 Å². The zero-order chi connectivity index (χ0) is 6.15. The zero-order valence-corrected chi connectivity index (χ0v) is 6.73. The van der Waals surface area contributed by atoms with Crippen LogP contribution in [0, 0.1) is 0 Å². The van der Waals surface area contributed by atoms with Crippen molar-refractivity contribution in [3.63, 3.8) is 0 Å². The van der Waals surface area contributed by atoms with Gasteiger partial charge in [-0.05, 0) is 0 Å². The number of amides is 2. The number of nitrogens with zero attached hydrogens (tertiary/aromatic N) is 1. The molecule has 1 aliphatic heterocycles. The second-order valence-corrected chi connectivity index (χ2v) is 3.12. The van der Waals surface area contributed by atoms with Crippen LogP contribution in [0.4, 0.5) is 4.79 Å². The highest BCUT2D eigenvalue weighted by Gasteiger charge is 2.27. The Hall–Kier alpha value is 0.220. The van der Waals surface area contributed by atoms with Gasteiger partial charge < -0.3 is 0 Å². The van der Waals surface area contributed by atoms with Crippen molar-refractivity contribution in [1.29, 1.82) is 0 Å². The molecule has 0 N–H and O–H groups in total. The molecule has 0 aliphatic carbocycles. The number of carbonyl (C=O) groups is 2. The highest BCUT2D eigenvalue weighted by molar-refractivity contribution is 14.1. The summed E-state index contributed by atoms with van der Waals surface area (Å²) in [6.07, 6.45) is 0. The van der Waals surface area contributed by atoms with Crippen LogP contribution >= 0.6 is 34.6 Å². The topological polar surface area (TPSA) is 37.4 Å². The summed E-state index contributed by atoms with van der Waals surface area (Å²) in [5.74, 6) is 0.197. The third-order valence-electron chi connectivity index (χ3n) is 0.698. The Morgan fingerprint density at radius 1 is 1.62 bits per heavy atom. The van der Waals surface area contributed by atoms with E-state index in [2.05, 4.69) is 0 Å². The summed E-state index contributed by atoms with van der Waals surface area (Å²) in [5, 5.41) is -0.157. The van der Waals surface area contributed by atoms with E-state index in [1.165, 1.54) is 0 Å². The molecule has 0 bridgehead atoms. The molecule has 44 valence electrons. The Morgan fingerprint density at radius 2 is 2.25 bits per heavy atom. The van der Waals surface area contributed by atoms with Crippen molar-refractivity contribution in [3.05, 3.63) is 0 Å². The SMILES string of the molecule is O=C1CSC(=O)N1I. The molecule has 0 saturated carbocycles. The van der Waals surface area contributed by atoms with Gasteiger partial charge in [-0.3, -0.25) is 9.59 Å². The van der Waals surface area contributed by atoms with Gasteiger partial charge in [-0.1, -0.05) is 11.8 Å². The monoisotopic (exact) mass is 243 g/mol. The van der Waals surface area contributed by atoms with Crippen LogP contribution in [0.3, 0.4) is 0 Å². The van der Waals surface area contributed by atoms with Crippen LogP contribution in [-0.4, -0.2) is 20.0 Å². The number of imide groups is 1. The Labute approximate surface area is 64.3 Å². The van der Waals surface area contributed by atoms with E-state index >= 15 is 0 Å². The Kier molecular flexibility index (Phi) is 1.76. The standard InChI is InChI=1S/C3H2INO2S/c4-5-2(6)1-8-3(5)7/h1H2. The van der Waals surface area contributed by atoms with Crippen LogP contribution < -0.4 is 0 Å². The van der Waals surface area contributed by atoms with Crippen LogP contribution in [0.1, 0.15) is 0 Å². The van der Waals surface area contributed by atoms with Gasteiger partial charge in [0.05, 0.1) is 28.6 Å². The van der Waals surface area contributed by atoms with Gasteiger partial charge in [0.25, 0.3) is 5.24 Å². The van der Waals surface area contributed by atoms with Gasteiger partial charge in [-0.2, -0.15) is 0 Å². The van der Waals surface area contributed by atoms with Crippen LogP contribution in [0.25, 0.3) is 0 Å². The maximum absolute atomic E-state index is 10.5. The fourth-order valence-corrected chi connectivity index (χ4v) is 1.75. The summed E-state index contributed by atoms with van der Waals surface area (Å²) in [5.41, 5.74) is 0. The predicted molar refractivity (Wildman–Crippen MR) is 38.7 cm³/mol. The molecule has 3 nitrogen and oxygen atoms in total. The fourth-order valence-electron chi connectivity index (χ4n) is 0.339. The highest BCUT2D eigenvalue weighted by atomic mass is 127. The molecule has 5 heteroatoms. The number of rotatable bonds is 0. The minimum atomic E-state index is -0.157. The summed E-state index contributed by atoms with van der Waals surface area (Å²) in [4.78, 5) is 20.9. The van der Waals surface area contributed by atoms with Crippen LogP contribution in [0.15, 0.2) is 0 Å². The van der Waals surface area contributed by atoms with Crippen LogP contribution in [-0.2, 0) is 4.79 Å². The largest absolute Gasteiger partial charge is 0.297 e. The highest BCUT2D eigenvalue weighted by Crippen LogP contribution is 2.21. The van der Waals surface area contributed by atoms with Gasteiger partial charge in [0, 0.05) is 0 Å². The normalized spacial score (nSPS) is 20.4. The maximum atomic E-state index is 10.5. The molecule has 8 heavy (non-hydrogen) atoms. The first kappa shape index (κ1) is 6.34. The molecule has 0 aromatic carbocycles. The molecule has 0 atom stereocenters. The number of carbonyl (C=O) groups excluding carboxylic acids is 2. The molecule has 1 heterocycles. The molecule has 0 aromatic rings. The lowest BCUT2D eigenvalue weighted by Crippen LogP contribution is -2.15. The number of thioether (sulfide) groups is 1. The zero-order valence-electron chi connectivity index (χ0n) is 3.76. The van der Waals surface area contributed by atoms with Gasteiger partial charge in [-0.25, -0.2) is 3.11 Å². The second kappa shape index (κ2) is 2.22. The summed E-state index contributed by atoms with van der Waals surface area (Å²) in [6.45, 7) is 0. The minimum absolute atomic E-state index is 0.111. The van der Waals surface area contributed by atoms with Crippen molar-refractivity contribution >= 4 is 45.8 Å². The van der Waals surface area contributed by atoms with Crippen molar-refractivity contribution < 1.29 is 9.59 Å². The molecule has 1 rings (SSSR count). The molecular formula is C3H2INO2S. The summed E-state index contributed by atoms with van der Waals surface area (Å²) in [6, 6.07) is 0. The molecule has 0 aromatic heterocycles. The first-order valence-electron chi connectivity index (χ1n) is 1.87. The smallest absolute Gasteiger partial charge is 0.273 e. The molecule has 0 spiro atoms. The molecular weight excluding hydrogens is 241 g/mol. The number of hydrogen-bond acceptors (Lipinski definition) is 3. The van der Waals surface area contributed by atoms with Crippen molar-refractivity contribution in [2.75, 3.05) is 5.75 Å². The van der Waals surface area contributed by atoms with E-state index in [0.717, 1.165) is 14.9 Å². The first-order valence-corrected chi connectivity index (χ1v) is 3.82. The van der Waals surface area contributed by atoms with Gasteiger partial charge in [-0.15, -0.1) is 0 Å². The quantitative estimate of drug-likeness (QED) is 0.471. The molecule has 1 fully saturated rings. The lowest BCUT2D eigenvalue weighted by Gasteiger charge is -1.96. The van der Waals surface area contributed by atoms with Crippen LogP contribution in [0.2, 0.25) is 0 Å². The third-order valence-corrected chi connectivity index (χ3v) is 2.82. The third kappa shape index (κ3) is 0.970. The van der Waals surface area contributed by atoms with Crippen molar-refractivity contribution in [2.24, 2.45) is 0 Å². The maximum Gasteiger partial charge on any atom is 0.297 e. The van der Waals surface area contributed by atoms with Gasteiger partial charge in [0.15, 0.2) is 0 Å². The fraction of sp³-hybridized carbons (Fsp3) is 0.333. The summed E-state index contributed by atoms with van der Waals surface area (Å²) >= 11 is 2.74. The number of hydrogen-bond donors (Lipinski definition) is 0. The Balaban J connectivity index is 2.70. The van der Waals surface area contributed by atoms with Crippen molar-refractivity contribution in [3.8, 4) is 0 Å². The van der Waals surface area contributed by atoms with E-state index in [1.54, 1.807) is 22.9 Å². The number of halogens is 1. The average Bonchev–Trinajstić information content (AvgIpc) is 1.98. The average molecular weight is 243 g/mol. The molecule has 2 amide bonds. The molecule has 0 radical (unpaired) electrons. The van der Waals surface area contributed by atoms with E-state index in [4.69, 9.17) is 0 Å². The molecule has 1 saturated heterocycles. The first-order chi connectivity index (χ1) is 3.72. The van der Waals surface area contributed by atoms with E-state index in [1.807, 2.05) is 0 Å². The lowest BCUT2D eigenvalue weighted by molar-refractivity contribution is -0.120. The Bertz CT molecular complexity index is 132. The van der Waals surface area contributed by atoms with E-state index in [9.17, 15) is 9.59 Å². The lowest BCUT2D eigenvalue weighted by atomic mass is 10.7. The summed E-state index contributed by atoms with van der Waals surface area (Å²) < 4.78 is 1.10. The van der Waals surface area contributed by atoms with E-state index in [-0.39, 0.29) is 11.1 Å². The van der Waals surface area contributed by atoms with E-state index in [0.29, 0.717) is 5.75 Å². The molecule has 1 aliphatic rings. The van der Waals surface area contributed by atoms with Crippen molar-refractivity contribution in [2.45, 2.75) is 0 Å². The second-order valence-electron chi connectivity index (χ2n) is 1.23. The summed E-state index contributed by atoms with van der Waals surface area (Å²) in [7, 11) is 0. The van der Waals surface area contributed by atoms with Gasteiger partial charge in [0.1, 0.15) is 0 Å². The minimum Gasteiger partial charge on any atom is -0.273 e.